The molecule has 4 nitrogen and oxygen atoms in total. The van der Waals surface area contributed by atoms with Crippen molar-refractivity contribution in [3.63, 3.8) is 0 Å². The number of methoxy groups -OCH3 is 1. The first-order valence-electron chi connectivity index (χ1n) is 3.00. The number of ether oxygens (including phenoxy) is 1. The van der Waals surface area contributed by atoms with Crippen LogP contribution in [-0.4, -0.2) is 24.4 Å². The summed E-state index contributed by atoms with van der Waals surface area (Å²) in [5.74, 6) is -0.162. The Labute approximate surface area is 68.0 Å². The number of hydrogen-bond donors (Lipinski definition) is 1. The first-order valence-corrected chi connectivity index (χ1v) is 3.88. The van der Waals surface area contributed by atoms with Gasteiger partial charge < -0.3 is 10.5 Å². The molecule has 0 aliphatic heterocycles. The lowest BCUT2D eigenvalue weighted by Gasteiger charge is -1.89. The lowest BCUT2D eigenvalue weighted by Crippen LogP contribution is -2.13. The first-order chi connectivity index (χ1) is 5.27. The summed E-state index contributed by atoms with van der Waals surface area (Å²) in [5.41, 5.74) is 5.51. The molecule has 0 fully saturated rings. The van der Waals surface area contributed by atoms with Crippen molar-refractivity contribution in [2.75, 3.05) is 13.7 Å². The normalized spacial score (nSPS) is 9.64. The monoisotopic (exact) mass is 172 g/mol. The average molecular weight is 172 g/mol. The molecule has 0 bridgehead atoms. The molecule has 0 spiro atoms. The van der Waals surface area contributed by atoms with Gasteiger partial charge >= 0.3 is 0 Å². The van der Waals surface area contributed by atoms with Crippen LogP contribution in [0.25, 0.3) is 0 Å². The molecule has 0 saturated carbocycles. The zero-order chi connectivity index (χ0) is 8.27. The number of thiazole rings is 1. The van der Waals surface area contributed by atoms with Crippen LogP contribution in [0.5, 0.6) is 5.19 Å². The van der Waals surface area contributed by atoms with Gasteiger partial charge in [-0.05, 0) is 0 Å². The van der Waals surface area contributed by atoms with Crippen molar-refractivity contribution in [2.45, 2.75) is 0 Å². The number of rotatable bonds is 3. The van der Waals surface area contributed by atoms with E-state index in [2.05, 4.69) is 4.98 Å². The minimum atomic E-state index is -0.162. The number of carbonyl (C=O) groups is 1. The highest BCUT2D eigenvalue weighted by atomic mass is 32.1. The molecule has 0 unspecified atom stereocenters. The van der Waals surface area contributed by atoms with Crippen molar-refractivity contribution in [1.82, 2.24) is 4.98 Å². The number of nitrogens with two attached hydrogens (primary N) is 1. The van der Waals surface area contributed by atoms with Crippen LogP contribution in [-0.2, 0) is 0 Å². The lowest BCUT2D eigenvalue weighted by atomic mass is 10.3. The summed E-state index contributed by atoms with van der Waals surface area (Å²) in [6, 6.07) is 0. The fourth-order valence-electron chi connectivity index (χ4n) is 0.584. The van der Waals surface area contributed by atoms with Gasteiger partial charge in [0.05, 0.1) is 13.7 Å². The molecule has 0 atom stereocenters. The molecule has 0 aromatic carbocycles. The van der Waals surface area contributed by atoms with Crippen LogP contribution in [0.2, 0.25) is 0 Å². The standard InChI is InChI=1S/C6H8N2O2S/c1-10-6-8-4(3-11-6)5(9)2-7/h3H,2,7H2,1H3. The van der Waals surface area contributed by atoms with Gasteiger partial charge in [0.2, 0.25) is 0 Å². The molecule has 1 aromatic rings. The lowest BCUT2D eigenvalue weighted by molar-refractivity contribution is 0.0997. The molecule has 1 rings (SSSR count). The number of Topliss-reactive ketones (excluding diaryl/α,β-unsaturated/α-hetero) is 1. The highest BCUT2D eigenvalue weighted by Gasteiger charge is 2.07. The molecule has 0 saturated heterocycles. The zero-order valence-corrected chi connectivity index (χ0v) is 6.85. The van der Waals surface area contributed by atoms with Crippen LogP contribution in [0.15, 0.2) is 5.38 Å². The Kier molecular flexibility index (Phi) is 2.56. The number of aromatic nitrogens is 1. The van der Waals surface area contributed by atoms with E-state index >= 15 is 0 Å². The Morgan fingerprint density at radius 1 is 1.91 bits per heavy atom. The van der Waals surface area contributed by atoms with E-state index in [1.165, 1.54) is 18.4 Å². The highest BCUT2D eigenvalue weighted by Crippen LogP contribution is 2.16. The van der Waals surface area contributed by atoms with Crippen molar-refractivity contribution in [3.05, 3.63) is 11.1 Å². The molecule has 0 aliphatic rings. The summed E-state index contributed by atoms with van der Waals surface area (Å²) in [6.07, 6.45) is 0. The van der Waals surface area contributed by atoms with E-state index < -0.39 is 0 Å². The van der Waals surface area contributed by atoms with Crippen molar-refractivity contribution in [3.8, 4) is 5.19 Å². The van der Waals surface area contributed by atoms with Gasteiger partial charge in [-0.3, -0.25) is 4.79 Å². The molecular weight excluding hydrogens is 164 g/mol. The molecule has 0 aliphatic carbocycles. The summed E-state index contributed by atoms with van der Waals surface area (Å²) in [5, 5.41) is 2.12. The molecule has 5 heteroatoms. The molecule has 1 heterocycles. The predicted octanol–water partition coefficient (Wildman–Crippen LogP) is 0.293. The van der Waals surface area contributed by atoms with E-state index in [4.69, 9.17) is 10.5 Å². The van der Waals surface area contributed by atoms with Crippen LogP contribution in [0.4, 0.5) is 0 Å². The average Bonchev–Trinajstić information content (AvgIpc) is 2.50. The van der Waals surface area contributed by atoms with E-state index in [9.17, 15) is 4.79 Å². The van der Waals surface area contributed by atoms with E-state index in [0.717, 1.165) is 0 Å². The first kappa shape index (κ1) is 8.16. The molecule has 2 N–H and O–H groups in total. The fraction of sp³-hybridized carbons (Fsp3) is 0.333. The largest absolute Gasteiger partial charge is 0.473 e. The Hall–Kier alpha value is -0.940. The number of nitrogens with zero attached hydrogens (tertiary/aromatic N) is 1. The molecule has 60 valence electrons. The second kappa shape index (κ2) is 3.45. The third-order valence-electron chi connectivity index (χ3n) is 1.13. The van der Waals surface area contributed by atoms with E-state index in [1.807, 2.05) is 0 Å². The molecular formula is C6H8N2O2S. The smallest absolute Gasteiger partial charge is 0.273 e. The van der Waals surface area contributed by atoms with Gasteiger partial charge in [0.1, 0.15) is 5.69 Å². The van der Waals surface area contributed by atoms with Gasteiger partial charge in [-0.1, -0.05) is 11.3 Å². The van der Waals surface area contributed by atoms with Crippen molar-refractivity contribution in [1.29, 1.82) is 0 Å². The van der Waals surface area contributed by atoms with Crippen molar-refractivity contribution in [2.24, 2.45) is 5.73 Å². The topological polar surface area (TPSA) is 65.2 Å². The van der Waals surface area contributed by atoms with E-state index in [1.54, 1.807) is 5.38 Å². The molecule has 11 heavy (non-hydrogen) atoms. The Morgan fingerprint density at radius 3 is 3.09 bits per heavy atom. The molecule has 0 amide bonds. The SMILES string of the molecule is COc1nc(C(=O)CN)cs1. The maximum Gasteiger partial charge on any atom is 0.273 e. The van der Waals surface area contributed by atoms with Crippen LogP contribution in [0.3, 0.4) is 0 Å². The highest BCUT2D eigenvalue weighted by molar-refractivity contribution is 7.11. The van der Waals surface area contributed by atoms with Crippen molar-refractivity contribution >= 4 is 17.1 Å². The molecule has 0 radical (unpaired) electrons. The van der Waals surface area contributed by atoms with Gasteiger partial charge in [0.15, 0.2) is 5.78 Å². The van der Waals surface area contributed by atoms with Crippen LogP contribution >= 0.6 is 11.3 Å². The minimum absolute atomic E-state index is 0.00706. The van der Waals surface area contributed by atoms with Gasteiger partial charge in [0, 0.05) is 5.38 Å². The van der Waals surface area contributed by atoms with Gasteiger partial charge in [0.25, 0.3) is 5.19 Å². The third kappa shape index (κ3) is 1.75. The Bertz CT molecular complexity index is 259. The Balaban J connectivity index is 2.80. The van der Waals surface area contributed by atoms with Crippen LogP contribution in [0.1, 0.15) is 10.5 Å². The van der Waals surface area contributed by atoms with Crippen LogP contribution in [0, 0.1) is 0 Å². The summed E-state index contributed by atoms with van der Waals surface area (Å²) >= 11 is 1.28. The summed E-state index contributed by atoms with van der Waals surface area (Å²) in [4.78, 5) is 14.8. The minimum Gasteiger partial charge on any atom is -0.473 e. The number of carbonyl (C=O) groups excluding carboxylic acids is 1. The van der Waals surface area contributed by atoms with Crippen molar-refractivity contribution < 1.29 is 9.53 Å². The van der Waals surface area contributed by atoms with E-state index in [0.29, 0.717) is 10.9 Å². The third-order valence-corrected chi connectivity index (χ3v) is 1.93. The fourth-order valence-corrected chi connectivity index (χ4v) is 1.23. The Morgan fingerprint density at radius 2 is 2.64 bits per heavy atom. The molecule has 1 aromatic heterocycles. The maximum atomic E-state index is 10.9. The summed E-state index contributed by atoms with van der Waals surface area (Å²) < 4.78 is 4.80. The predicted molar refractivity (Wildman–Crippen MR) is 42.1 cm³/mol. The summed E-state index contributed by atoms with van der Waals surface area (Å²) in [6.45, 7) is -0.00706. The second-order valence-electron chi connectivity index (χ2n) is 1.83. The quantitative estimate of drug-likeness (QED) is 0.666. The number of hydrogen-bond acceptors (Lipinski definition) is 5. The summed E-state index contributed by atoms with van der Waals surface area (Å²) in [7, 11) is 1.51. The van der Waals surface area contributed by atoms with Gasteiger partial charge in [-0.15, -0.1) is 0 Å². The zero-order valence-electron chi connectivity index (χ0n) is 6.03. The van der Waals surface area contributed by atoms with Gasteiger partial charge in [-0.25, -0.2) is 0 Å². The van der Waals surface area contributed by atoms with Gasteiger partial charge in [-0.2, -0.15) is 4.98 Å². The van der Waals surface area contributed by atoms with Crippen LogP contribution < -0.4 is 10.5 Å². The maximum absolute atomic E-state index is 10.9. The van der Waals surface area contributed by atoms with E-state index in [-0.39, 0.29) is 12.3 Å². The second-order valence-corrected chi connectivity index (χ2v) is 2.65. The number of ketones is 1.